The maximum Gasteiger partial charge on any atom is 0.417 e. The second kappa shape index (κ2) is 7.82. The number of fused-ring (bicyclic) bond motifs is 1. The topological polar surface area (TPSA) is 96.4 Å². The zero-order chi connectivity index (χ0) is 22.5. The Labute approximate surface area is 182 Å². The van der Waals surface area contributed by atoms with E-state index in [1.807, 2.05) is 30.3 Å². The lowest BCUT2D eigenvalue weighted by atomic mass is 9.93. The number of benzene rings is 1. The van der Waals surface area contributed by atoms with Crippen molar-refractivity contribution in [2.75, 3.05) is 6.54 Å². The number of carbonyl (C=O) groups is 3. The Kier molecular flexibility index (Phi) is 5.45. The van der Waals surface area contributed by atoms with Crippen molar-refractivity contribution >= 4 is 18.1 Å². The molecule has 1 aromatic rings. The fourth-order valence-corrected chi connectivity index (χ4v) is 4.59. The molecule has 1 saturated carbocycles. The van der Waals surface area contributed by atoms with Crippen LogP contribution in [0.1, 0.15) is 52.2 Å². The van der Waals surface area contributed by atoms with E-state index in [2.05, 4.69) is 0 Å². The lowest BCUT2D eigenvalue weighted by molar-refractivity contribution is -0.136. The number of carbonyl (C=O) groups excluding carboxylic acids is 3. The maximum atomic E-state index is 13.1. The fraction of sp³-hybridized carbons (Fsp3) is 0.609. The minimum atomic E-state index is -1.10. The molecule has 3 fully saturated rings. The third kappa shape index (κ3) is 4.26. The molecule has 31 heavy (non-hydrogen) atoms. The zero-order valence-corrected chi connectivity index (χ0v) is 18.4. The van der Waals surface area contributed by atoms with Gasteiger partial charge in [0.05, 0.1) is 24.6 Å². The van der Waals surface area contributed by atoms with Crippen LogP contribution in [-0.2, 0) is 14.3 Å². The Balaban J connectivity index is 1.44. The van der Waals surface area contributed by atoms with Gasteiger partial charge in [0, 0.05) is 6.04 Å². The number of cyclic esters (lactones) is 1. The van der Waals surface area contributed by atoms with Crippen LogP contribution in [0.25, 0.3) is 0 Å². The molecular formula is C23H30N2O6. The van der Waals surface area contributed by atoms with Gasteiger partial charge < -0.3 is 14.6 Å². The van der Waals surface area contributed by atoms with E-state index in [9.17, 15) is 19.5 Å². The van der Waals surface area contributed by atoms with Crippen molar-refractivity contribution in [2.45, 2.75) is 70.4 Å². The molecule has 6 atom stereocenters. The molecule has 2 aliphatic heterocycles. The van der Waals surface area contributed by atoms with Gasteiger partial charge in [-0.2, -0.15) is 0 Å². The van der Waals surface area contributed by atoms with Crippen molar-refractivity contribution in [2.24, 2.45) is 11.8 Å². The van der Waals surface area contributed by atoms with Crippen LogP contribution in [0.3, 0.4) is 0 Å². The summed E-state index contributed by atoms with van der Waals surface area (Å²) >= 11 is 0. The van der Waals surface area contributed by atoms with Gasteiger partial charge in [-0.15, -0.1) is 0 Å². The van der Waals surface area contributed by atoms with Crippen LogP contribution in [0.15, 0.2) is 30.3 Å². The predicted octanol–water partition coefficient (Wildman–Crippen LogP) is 3.10. The van der Waals surface area contributed by atoms with E-state index in [4.69, 9.17) is 9.47 Å². The highest BCUT2D eigenvalue weighted by atomic mass is 16.6. The lowest BCUT2D eigenvalue weighted by Crippen LogP contribution is -2.52. The first-order valence-electron chi connectivity index (χ1n) is 10.8. The number of rotatable bonds is 4. The SMILES string of the molecule is C[C@@H](C(=O)N1C[C@H](c2ccccc2)OC1=O)[C@@H](O)[C@@H]1C[C@@H]2C[C@@H]2N1C(=O)OC(C)(C)C. The van der Waals surface area contributed by atoms with Crippen molar-refractivity contribution in [3.63, 3.8) is 0 Å². The average Bonchev–Trinajstić information content (AvgIpc) is 3.19. The fourth-order valence-electron chi connectivity index (χ4n) is 4.59. The summed E-state index contributed by atoms with van der Waals surface area (Å²) in [5.41, 5.74) is 0.165. The highest BCUT2D eigenvalue weighted by molar-refractivity contribution is 5.94. The van der Waals surface area contributed by atoms with Crippen LogP contribution in [0.5, 0.6) is 0 Å². The van der Waals surface area contributed by atoms with Crippen LogP contribution in [0.2, 0.25) is 0 Å². The van der Waals surface area contributed by atoms with E-state index >= 15 is 0 Å². The second-order valence-electron chi connectivity index (χ2n) is 9.76. The largest absolute Gasteiger partial charge is 0.444 e. The summed E-state index contributed by atoms with van der Waals surface area (Å²) in [4.78, 5) is 40.8. The van der Waals surface area contributed by atoms with Gasteiger partial charge in [-0.3, -0.25) is 9.69 Å². The first-order chi connectivity index (χ1) is 14.6. The molecule has 3 aliphatic rings. The summed E-state index contributed by atoms with van der Waals surface area (Å²) < 4.78 is 10.9. The number of imide groups is 1. The summed E-state index contributed by atoms with van der Waals surface area (Å²) in [5.74, 6) is -1.04. The molecule has 8 heteroatoms. The minimum absolute atomic E-state index is 0.0519. The van der Waals surface area contributed by atoms with Gasteiger partial charge in [-0.25, -0.2) is 14.5 Å². The number of ether oxygens (including phenoxy) is 2. The van der Waals surface area contributed by atoms with Gasteiger partial charge in [0.15, 0.2) is 0 Å². The molecule has 8 nitrogen and oxygen atoms in total. The first-order valence-corrected chi connectivity index (χ1v) is 10.8. The third-order valence-corrected chi connectivity index (χ3v) is 6.29. The van der Waals surface area contributed by atoms with Gasteiger partial charge >= 0.3 is 12.2 Å². The Bertz CT molecular complexity index is 867. The number of hydrogen-bond acceptors (Lipinski definition) is 6. The lowest BCUT2D eigenvalue weighted by Gasteiger charge is -2.35. The molecule has 1 aliphatic carbocycles. The van der Waals surface area contributed by atoms with Crippen molar-refractivity contribution < 1.29 is 29.0 Å². The molecule has 2 saturated heterocycles. The smallest absolute Gasteiger partial charge is 0.417 e. The molecule has 0 spiro atoms. The van der Waals surface area contributed by atoms with E-state index < -0.39 is 47.9 Å². The summed E-state index contributed by atoms with van der Waals surface area (Å²) in [5, 5.41) is 11.0. The number of amides is 3. The molecule has 2 heterocycles. The van der Waals surface area contributed by atoms with Crippen LogP contribution in [0, 0.1) is 11.8 Å². The molecular weight excluding hydrogens is 400 g/mol. The summed E-state index contributed by atoms with van der Waals surface area (Å²) in [6.07, 6.45) is -1.29. The average molecular weight is 431 g/mol. The van der Waals surface area contributed by atoms with Crippen LogP contribution < -0.4 is 0 Å². The number of likely N-dealkylation sites (tertiary alicyclic amines) is 1. The molecule has 168 valence electrons. The highest BCUT2D eigenvalue weighted by Crippen LogP contribution is 2.49. The third-order valence-electron chi connectivity index (χ3n) is 6.29. The van der Waals surface area contributed by atoms with E-state index in [-0.39, 0.29) is 12.6 Å². The Hall–Kier alpha value is -2.61. The van der Waals surface area contributed by atoms with Gasteiger partial charge in [-0.1, -0.05) is 37.3 Å². The monoisotopic (exact) mass is 430 g/mol. The molecule has 0 bridgehead atoms. The number of aliphatic hydroxyl groups is 1. The number of hydrogen-bond donors (Lipinski definition) is 1. The normalized spacial score (nSPS) is 29.3. The molecule has 0 aromatic heterocycles. The number of nitrogens with zero attached hydrogens (tertiary/aromatic N) is 2. The van der Waals surface area contributed by atoms with E-state index in [1.165, 1.54) is 0 Å². The molecule has 0 radical (unpaired) electrons. The van der Waals surface area contributed by atoms with Crippen LogP contribution in [-0.4, -0.2) is 63.3 Å². The molecule has 1 N–H and O–H groups in total. The Morgan fingerprint density at radius 1 is 1.19 bits per heavy atom. The number of aliphatic hydroxyl groups excluding tert-OH is 1. The zero-order valence-electron chi connectivity index (χ0n) is 18.4. The van der Waals surface area contributed by atoms with Crippen molar-refractivity contribution in [3.05, 3.63) is 35.9 Å². The minimum Gasteiger partial charge on any atom is -0.444 e. The van der Waals surface area contributed by atoms with E-state index in [0.717, 1.165) is 16.9 Å². The number of piperidine rings is 1. The van der Waals surface area contributed by atoms with Crippen molar-refractivity contribution in [1.82, 2.24) is 9.80 Å². The summed E-state index contributed by atoms with van der Waals surface area (Å²) in [6, 6.07) is 8.77. The molecule has 1 aromatic carbocycles. The Morgan fingerprint density at radius 2 is 1.87 bits per heavy atom. The van der Waals surface area contributed by atoms with Crippen molar-refractivity contribution in [1.29, 1.82) is 0 Å². The van der Waals surface area contributed by atoms with E-state index in [1.54, 1.807) is 32.6 Å². The summed E-state index contributed by atoms with van der Waals surface area (Å²) in [6.45, 7) is 7.08. The van der Waals surface area contributed by atoms with Gasteiger partial charge in [0.1, 0.15) is 11.7 Å². The molecule has 3 amide bonds. The quantitative estimate of drug-likeness (QED) is 0.789. The highest BCUT2D eigenvalue weighted by Gasteiger charge is 2.58. The first kappa shape index (κ1) is 21.6. The van der Waals surface area contributed by atoms with Gasteiger partial charge in [0.25, 0.3) is 0 Å². The standard InChI is InChI=1S/C23H30N2O6/c1-13(20(27)24-12-18(30-21(24)28)14-8-6-5-7-9-14)19(26)17-11-15-10-16(15)25(17)22(29)31-23(2,3)4/h5-9,13,15-19,26H,10-12H2,1-4H3/t13-,15+,16+,17+,18-,19-/m1/s1. The summed E-state index contributed by atoms with van der Waals surface area (Å²) in [7, 11) is 0. The van der Waals surface area contributed by atoms with Crippen molar-refractivity contribution in [3.8, 4) is 0 Å². The van der Waals surface area contributed by atoms with Gasteiger partial charge in [0.2, 0.25) is 5.91 Å². The molecule has 0 unspecified atom stereocenters. The van der Waals surface area contributed by atoms with E-state index in [0.29, 0.717) is 12.3 Å². The molecule has 4 rings (SSSR count). The van der Waals surface area contributed by atoms with Crippen LogP contribution >= 0.6 is 0 Å². The Morgan fingerprint density at radius 3 is 2.52 bits per heavy atom. The second-order valence-corrected chi connectivity index (χ2v) is 9.76. The predicted molar refractivity (Wildman–Crippen MR) is 111 cm³/mol. The maximum absolute atomic E-state index is 13.1. The van der Waals surface area contributed by atoms with Crippen LogP contribution in [0.4, 0.5) is 9.59 Å². The van der Waals surface area contributed by atoms with Gasteiger partial charge in [-0.05, 0) is 45.1 Å².